The fourth-order valence-electron chi connectivity index (χ4n) is 3.97. The van der Waals surface area contributed by atoms with Crippen LogP contribution in [0.5, 0.6) is 11.5 Å². The number of anilines is 1. The van der Waals surface area contributed by atoms with Crippen LogP contribution in [0, 0.1) is 0 Å². The minimum absolute atomic E-state index is 0. The van der Waals surface area contributed by atoms with Gasteiger partial charge in [0.15, 0.2) is 11.5 Å². The minimum atomic E-state index is -0.847. The van der Waals surface area contributed by atoms with Crippen LogP contribution in [0.3, 0.4) is 0 Å². The standard InChI is InChI=1S/C25H29N3O6.ClH/c1-6-34-21-13-16(10-11-20(21)33-5)19(12-15(2)29)28-24(31)17-8-7-9-18(23(17)25(28)32)26-22(30)14-27(3)4;/h7-11,13,19H,6,12,14H2,1-5H3,(H,26,30);1H. The molecule has 188 valence electrons. The van der Waals surface area contributed by atoms with Gasteiger partial charge in [0.2, 0.25) is 5.91 Å². The second-order valence-electron chi connectivity index (χ2n) is 8.26. The van der Waals surface area contributed by atoms with E-state index in [2.05, 4.69) is 5.32 Å². The number of methoxy groups -OCH3 is 1. The van der Waals surface area contributed by atoms with Gasteiger partial charge in [-0.05, 0) is 57.8 Å². The summed E-state index contributed by atoms with van der Waals surface area (Å²) in [6.07, 6.45) is -0.0638. The maximum absolute atomic E-state index is 13.5. The third-order valence-electron chi connectivity index (χ3n) is 5.35. The van der Waals surface area contributed by atoms with Gasteiger partial charge in [-0.15, -0.1) is 12.4 Å². The first-order valence-electron chi connectivity index (χ1n) is 10.9. The quantitative estimate of drug-likeness (QED) is 0.496. The highest BCUT2D eigenvalue weighted by Crippen LogP contribution is 2.39. The van der Waals surface area contributed by atoms with E-state index in [1.165, 1.54) is 14.0 Å². The number of imide groups is 1. The molecule has 0 spiro atoms. The normalized spacial score (nSPS) is 13.3. The molecule has 0 saturated carbocycles. The van der Waals surface area contributed by atoms with Crippen LogP contribution >= 0.6 is 12.4 Å². The highest BCUT2D eigenvalue weighted by atomic mass is 35.5. The van der Waals surface area contributed by atoms with Gasteiger partial charge < -0.3 is 19.7 Å². The van der Waals surface area contributed by atoms with Gasteiger partial charge >= 0.3 is 0 Å². The Balaban J connectivity index is 0.00000432. The van der Waals surface area contributed by atoms with Gasteiger partial charge in [-0.2, -0.15) is 0 Å². The van der Waals surface area contributed by atoms with E-state index in [0.717, 1.165) is 4.90 Å². The topological polar surface area (TPSA) is 105 Å². The van der Waals surface area contributed by atoms with Crippen molar-refractivity contribution >= 4 is 41.6 Å². The average molecular weight is 504 g/mol. The first kappa shape index (κ1) is 27.8. The number of nitrogens with one attached hydrogen (secondary N) is 1. The molecule has 1 aliphatic rings. The molecule has 0 aromatic heterocycles. The van der Waals surface area contributed by atoms with Crippen molar-refractivity contribution < 1.29 is 28.7 Å². The molecule has 1 N–H and O–H groups in total. The number of ether oxygens (including phenoxy) is 2. The Hall–Kier alpha value is -3.43. The Labute approximate surface area is 210 Å². The number of halogens is 1. The molecule has 1 aliphatic heterocycles. The van der Waals surface area contributed by atoms with Crippen molar-refractivity contribution in [3.05, 3.63) is 53.1 Å². The zero-order valence-corrected chi connectivity index (χ0v) is 21.2. The predicted molar refractivity (Wildman–Crippen MR) is 134 cm³/mol. The maximum atomic E-state index is 13.5. The van der Waals surface area contributed by atoms with Crippen LogP contribution in [0.1, 0.15) is 52.6 Å². The van der Waals surface area contributed by atoms with Gasteiger partial charge in [-0.25, -0.2) is 0 Å². The van der Waals surface area contributed by atoms with E-state index in [-0.39, 0.29) is 53.9 Å². The molecular formula is C25H30ClN3O6. The summed E-state index contributed by atoms with van der Waals surface area (Å²) in [4.78, 5) is 54.2. The molecule has 35 heavy (non-hydrogen) atoms. The number of carbonyl (C=O) groups is 4. The summed E-state index contributed by atoms with van der Waals surface area (Å²) >= 11 is 0. The van der Waals surface area contributed by atoms with Crippen LogP contribution in [0.25, 0.3) is 0 Å². The highest BCUT2D eigenvalue weighted by molar-refractivity contribution is 6.24. The fraction of sp³-hybridized carbons (Fsp3) is 0.360. The Morgan fingerprint density at radius 3 is 2.40 bits per heavy atom. The predicted octanol–water partition coefficient (Wildman–Crippen LogP) is 3.33. The molecule has 0 radical (unpaired) electrons. The van der Waals surface area contributed by atoms with Crippen LogP contribution in [0.2, 0.25) is 0 Å². The fourth-order valence-corrected chi connectivity index (χ4v) is 3.97. The Morgan fingerprint density at radius 1 is 1.09 bits per heavy atom. The lowest BCUT2D eigenvalue weighted by molar-refractivity contribution is -0.118. The maximum Gasteiger partial charge on any atom is 0.264 e. The van der Waals surface area contributed by atoms with E-state index in [0.29, 0.717) is 23.7 Å². The van der Waals surface area contributed by atoms with Gasteiger partial charge in [0, 0.05) is 6.42 Å². The van der Waals surface area contributed by atoms with Crippen LogP contribution in [0.15, 0.2) is 36.4 Å². The molecule has 0 fully saturated rings. The Kier molecular flexibility index (Phi) is 9.39. The van der Waals surface area contributed by atoms with Crippen molar-refractivity contribution in [3.63, 3.8) is 0 Å². The lowest BCUT2D eigenvalue weighted by Crippen LogP contribution is -2.35. The van der Waals surface area contributed by atoms with Crippen LogP contribution in [-0.4, -0.2) is 67.7 Å². The summed E-state index contributed by atoms with van der Waals surface area (Å²) in [5.74, 6) is -0.641. The first-order valence-corrected chi connectivity index (χ1v) is 10.9. The molecule has 0 saturated heterocycles. The Morgan fingerprint density at radius 2 is 1.80 bits per heavy atom. The number of ketones is 1. The number of nitrogens with zero attached hydrogens (tertiary/aromatic N) is 2. The van der Waals surface area contributed by atoms with E-state index >= 15 is 0 Å². The SMILES string of the molecule is CCOc1cc(C(CC(C)=O)N2C(=O)c3cccc(NC(=O)CN(C)C)c3C2=O)ccc1OC.Cl. The summed E-state index contributed by atoms with van der Waals surface area (Å²) in [6.45, 7) is 3.75. The summed E-state index contributed by atoms with van der Waals surface area (Å²) in [7, 11) is 5.02. The lowest BCUT2D eigenvalue weighted by atomic mass is 9.99. The third kappa shape index (κ3) is 5.98. The smallest absolute Gasteiger partial charge is 0.264 e. The van der Waals surface area contributed by atoms with Crippen molar-refractivity contribution in [2.75, 3.05) is 39.7 Å². The zero-order chi connectivity index (χ0) is 25.0. The van der Waals surface area contributed by atoms with Crippen molar-refractivity contribution in [1.82, 2.24) is 9.80 Å². The number of fused-ring (bicyclic) bond motifs is 1. The number of hydrogen-bond donors (Lipinski definition) is 1. The van der Waals surface area contributed by atoms with Crippen LogP contribution in [0.4, 0.5) is 5.69 Å². The molecule has 3 rings (SSSR count). The summed E-state index contributed by atoms with van der Waals surface area (Å²) < 4.78 is 11.0. The van der Waals surface area contributed by atoms with Crippen LogP contribution < -0.4 is 14.8 Å². The summed E-state index contributed by atoms with van der Waals surface area (Å²) in [6, 6.07) is 8.96. The van der Waals surface area contributed by atoms with E-state index < -0.39 is 17.9 Å². The summed E-state index contributed by atoms with van der Waals surface area (Å²) in [5.41, 5.74) is 1.12. The van der Waals surface area contributed by atoms with Gasteiger partial charge in [-0.3, -0.25) is 24.1 Å². The molecule has 1 atom stereocenters. The van der Waals surface area contributed by atoms with Gasteiger partial charge in [0.1, 0.15) is 5.78 Å². The molecular weight excluding hydrogens is 474 g/mol. The number of benzene rings is 2. The highest BCUT2D eigenvalue weighted by Gasteiger charge is 2.42. The van der Waals surface area contributed by atoms with E-state index in [9.17, 15) is 19.2 Å². The van der Waals surface area contributed by atoms with Crippen molar-refractivity contribution in [2.45, 2.75) is 26.3 Å². The van der Waals surface area contributed by atoms with Crippen molar-refractivity contribution in [1.29, 1.82) is 0 Å². The largest absolute Gasteiger partial charge is 0.493 e. The second-order valence-corrected chi connectivity index (χ2v) is 8.26. The van der Waals surface area contributed by atoms with Crippen molar-refractivity contribution in [2.24, 2.45) is 0 Å². The third-order valence-corrected chi connectivity index (χ3v) is 5.35. The molecule has 1 heterocycles. The molecule has 2 aromatic rings. The van der Waals surface area contributed by atoms with Gasteiger partial charge in [0.05, 0.1) is 43.1 Å². The van der Waals surface area contributed by atoms with Gasteiger partial charge in [-0.1, -0.05) is 12.1 Å². The molecule has 0 bridgehead atoms. The van der Waals surface area contributed by atoms with Crippen LogP contribution in [-0.2, 0) is 9.59 Å². The number of carbonyl (C=O) groups excluding carboxylic acids is 4. The minimum Gasteiger partial charge on any atom is -0.493 e. The number of Topliss-reactive ketones (excluding diaryl/α,β-unsaturated/α-hetero) is 1. The first-order chi connectivity index (χ1) is 16.2. The molecule has 2 aromatic carbocycles. The molecule has 9 nitrogen and oxygen atoms in total. The number of hydrogen-bond acceptors (Lipinski definition) is 7. The van der Waals surface area contributed by atoms with E-state index in [1.54, 1.807) is 55.4 Å². The van der Waals surface area contributed by atoms with Crippen molar-refractivity contribution in [3.8, 4) is 11.5 Å². The summed E-state index contributed by atoms with van der Waals surface area (Å²) in [5, 5.41) is 2.72. The monoisotopic (exact) mass is 503 g/mol. The molecule has 1 unspecified atom stereocenters. The van der Waals surface area contributed by atoms with Gasteiger partial charge in [0.25, 0.3) is 11.8 Å². The number of rotatable bonds is 10. The number of amides is 3. The zero-order valence-electron chi connectivity index (χ0n) is 20.4. The lowest BCUT2D eigenvalue weighted by Gasteiger charge is -2.26. The van der Waals surface area contributed by atoms with E-state index in [4.69, 9.17) is 9.47 Å². The molecule has 0 aliphatic carbocycles. The second kappa shape index (κ2) is 11.8. The molecule has 10 heteroatoms. The molecule has 3 amide bonds. The average Bonchev–Trinajstić information content (AvgIpc) is 3.02. The Bertz CT molecular complexity index is 1130. The van der Waals surface area contributed by atoms with E-state index in [1.807, 2.05) is 6.92 Å². The number of likely N-dealkylation sites (N-methyl/N-ethyl adjacent to an activating group) is 1.